The van der Waals surface area contributed by atoms with E-state index in [0.717, 1.165) is 0 Å². The molecule has 0 saturated heterocycles. The van der Waals surface area contributed by atoms with Crippen LogP contribution in [0, 0.1) is 0 Å². The van der Waals surface area contributed by atoms with Gasteiger partial charge in [-0.3, -0.25) is 4.79 Å². The molecule has 0 N–H and O–H groups in total. The Balaban J connectivity index is 3.00. The largest absolute Gasteiger partial charge is 0.493 e. The zero-order chi connectivity index (χ0) is 14.4. The monoisotopic (exact) mass is 286 g/mol. The maximum Gasteiger partial charge on any atom is 0.347 e. The first-order chi connectivity index (χ1) is 9.03. The van der Waals surface area contributed by atoms with Crippen molar-refractivity contribution in [3.05, 3.63) is 22.7 Å². The summed E-state index contributed by atoms with van der Waals surface area (Å²) in [5.74, 6) is -0.0128. The van der Waals surface area contributed by atoms with Crippen molar-refractivity contribution in [1.29, 1.82) is 0 Å². The Morgan fingerprint density at radius 3 is 2.68 bits per heavy atom. The van der Waals surface area contributed by atoms with Gasteiger partial charge in [-0.05, 0) is 26.0 Å². The van der Waals surface area contributed by atoms with Crippen molar-refractivity contribution in [2.45, 2.75) is 20.0 Å². The van der Waals surface area contributed by atoms with Crippen LogP contribution in [0.2, 0.25) is 5.02 Å². The van der Waals surface area contributed by atoms with E-state index in [1.807, 2.05) is 0 Å². The molecule has 0 aliphatic rings. The van der Waals surface area contributed by atoms with Crippen LogP contribution in [-0.4, -0.2) is 32.1 Å². The predicted molar refractivity (Wildman–Crippen MR) is 70.1 cm³/mol. The molecule has 0 saturated carbocycles. The molecule has 104 valence electrons. The molecule has 6 heteroatoms. The fraction of sp³-hybridized carbons (Fsp3) is 0.385. The Hall–Kier alpha value is -1.75. The molecular formula is C13H15ClO5. The number of ether oxygens (including phenoxy) is 3. The number of esters is 1. The third-order valence-corrected chi connectivity index (χ3v) is 2.58. The van der Waals surface area contributed by atoms with E-state index in [2.05, 4.69) is 0 Å². The van der Waals surface area contributed by atoms with Crippen molar-refractivity contribution in [3.63, 3.8) is 0 Å². The Labute approximate surface area is 116 Å². The van der Waals surface area contributed by atoms with Crippen molar-refractivity contribution in [2.24, 2.45) is 0 Å². The van der Waals surface area contributed by atoms with Gasteiger partial charge in [0.25, 0.3) is 0 Å². The minimum Gasteiger partial charge on any atom is -0.493 e. The molecule has 0 aliphatic heterocycles. The SMILES string of the molecule is CCOC(=O)[C@@H](C)Oc1c(Cl)cc(C=O)cc1OC. The first-order valence-corrected chi connectivity index (χ1v) is 6.07. The van der Waals surface area contributed by atoms with Gasteiger partial charge in [-0.1, -0.05) is 11.6 Å². The van der Waals surface area contributed by atoms with Crippen molar-refractivity contribution in [3.8, 4) is 11.5 Å². The summed E-state index contributed by atoms with van der Waals surface area (Å²) in [6, 6.07) is 2.91. The number of carbonyl (C=O) groups excluding carboxylic acids is 2. The molecule has 0 heterocycles. The molecular weight excluding hydrogens is 272 g/mol. The molecule has 0 fully saturated rings. The van der Waals surface area contributed by atoms with Crippen molar-refractivity contribution >= 4 is 23.9 Å². The lowest BCUT2D eigenvalue weighted by atomic mass is 10.2. The number of hydrogen-bond donors (Lipinski definition) is 0. The van der Waals surface area contributed by atoms with Crippen LogP contribution < -0.4 is 9.47 Å². The molecule has 0 unspecified atom stereocenters. The van der Waals surface area contributed by atoms with E-state index in [-0.39, 0.29) is 23.1 Å². The first kappa shape index (κ1) is 15.3. The van der Waals surface area contributed by atoms with Crippen LogP contribution in [-0.2, 0) is 9.53 Å². The lowest BCUT2D eigenvalue weighted by Gasteiger charge is -2.17. The topological polar surface area (TPSA) is 61.8 Å². The second kappa shape index (κ2) is 6.99. The normalized spacial score (nSPS) is 11.6. The van der Waals surface area contributed by atoms with Crippen LogP contribution in [0.4, 0.5) is 0 Å². The van der Waals surface area contributed by atoms with Crippen LogP contribution in [0.25, 0.3) is 0 Å². The van der Waals surface area contributed by atoms with E-state index in [9.17, 15) is 9.59 Å². The molecule has 0 aliphatic carbocycles. The molecule has 1 atom stereocenters. The van der Waals surface area contributed by atoms with E-state index >= 15 is 0 Å². The molecule has 0 bridgehead atoms. The summed E-state index contributed by atoms with van der Waals surface area (Å²) in [4.78, 5) is 22.2. The summed E-state index contributed by atoms with van der Waals surface area (Å²) in [7, 11) is 1.42. The average Bonchev–Trinajstić information content (AvgIpc) is 2.40. The lowest BCUT2D eigenvalue weighted by Crippen LogP contribution is -2.26. The standard InChI is InChI=1S/C13H15ClO5/c1-4-18-13(16)8(2)19-12-10(14)5-9(7-15)6-11(12)17-3/h5-8H,4H2,1-3H3/t8-/m1/s1. The molecule has 0 spiro atoms. The van der Waals surface area contributed by atoms with Gasteiger partial charge in [0.2, 0.25) is 0 Å². The third-order valence-electron chi connectivity index (χ3n) is 2.30. The third kappa shape index (κ3) is 3.86. The van der Waals surface area contributed by atoms with Crippen LogP contribution in [0.5, 0.6) is 11.5 Å². The number of aldehydes is 1. The fourth-order valence-electron chi connectivity index (χ4n) is 1.41. The molecule has 1 aromatic rings. The van der Waals surface area contributed by atoms with Crippen LogP contribution in [0.15, 0.2) is 12.1 Å². The highest BCUT2D eigenvalue weighted by Crippen LogP contribution is 2.36. The first-order valence-electron chi connectivity index (χ1n) is 5.69. The Morgan fingerprint density at radius 2 is 2.16 bits per heavy atom. The number of halogens is 1. The van der Waals surface area contributed by atoms with E-state index in [0.29, 0.717) is 11.8 Å². The lowest BCUT2D eigenvalue weighted by molar-refractivity contribution is -0.150. The van der Waals surface area contributed by atoms with Crippen LogP contribution in [0.1, 0.15) is 24.2 Å². The van der Waals surface area contributed by atoms with Gasteiger partial charge in [0.1, 0.15) is 6.29 Å². The van der Waals surface area contributed by atoms with Crippen molar-refractivity contribution < 1.29 is 23.8 Å². The minimum atomic E-state index is -0.826. The highest BCUT2D eigenvalue weighted by molar-refractivity contribution is 6.32. The number of hydrogen-bond acceptors (Lipinski definition) is 5. The number of benzene rings is 1. The van der Waals surface area contributed by atoms with Gasteiger partial charge in [-0.25, -0.2) is 4.79 Å². The van der Waals surface area contributed by atoms with Gasteiger partial charge in [0.15, 0.2) is 17.6 Å². The highest BCUT2D eigenvalue weighted by Gasteiger charge is 2.20. The molecule has 19 heavy (non-hydrogen) atoms. The van der Waals surface area contributed by atoms with Gasteiger partial charge < -0.3 is 14.2 Å². The van der Waals surface area contributed by atoms with Gasteiger partial charge in [0, 0.05) is 5.56 Å². The van der Waals surface area contributed by atoms with Gasteiger partial charge in [-0.2, -0.15) is 0 Å². The quantitative estimate of drug-likeness (QED) is 0.594. The molecule has 0 radical (unpaired) electrons. The van der Waals surface area contributed by atoms with E-state index < -0.39 is 12.1 Å². The highest BCUT2D eigenvalue weighted by atomic mass is 35.5. The van der Waals surface area contributed by atoms with Gasteiger partial charge >= 0.3 is 5.97 Å². The van der Waals surface area contributed by atoms with Crippen LogP contribution >= 0.6 is 11.6 Å². The average molecular weight is 287 g/mol. The molecule has 0 amide bonds. The molecule has 1 aromatic carbocycles. The second-order valence-corrected chi connectivity index (χ2v) is 4.07. The van der Waals surface area contributed by atoms with E-state index in [1.165, 1.54) is 19.2 Å². The van der Waals surface area contributed by atoms with Gasteiger partial charge in [0.05, 0.1) is 18.7 Å². The Morgan fingerprint density at radius 1 is 1.47 bits per heavy atom. The maximum absolute atomic E-state index is 11.5. The summed E-state index contributed by atoms with van der Waals surface area (Å²) in [6.45, 7) is 3.51. The molecule has 0 aromatic heterocycles. The van der Waals surface area contributed by atoms with Crippen molar-refractivity contribution in [1.82, 2.24) is 0 Å². The summed E-state index contributed by atoms with van der Waals surface area (Å²) in [6.07, 6.45) is -0.180. The van der Waals surface area contributed by atoms with Crippen LogP contribution in [0.3, 0.4) is 0 Å². The smallest absolute Gasteiger partial charge is 0.347 e. The minimum absolute atomic E-state index is 0.192. The van der Waals surface area contributed by atoms with E-state index in [4.69, 9.17) is 25.8 Å². The van der Waals surface area contributed by atoms with Crippen molar-refractivity contribution in [2.75, 3.05) is 13.7 Å². The summed E-state index contributed by atoms with van der Waals surface area (Å²) < 4.78 is 15.4. The molecule has 1 rings (SSSR count). The number of methoxy groups -OCH3 is 1. The summed E-state index contributed by atoms with van der Waals surface area (Å²) >= 11 is 6.00. The number of carbonyl (C=O) groups is 2. The summed E-state index contributed by atoms with van der Waals surface area (Å²) in [5.41, 5.74) is 0.359. The zero-order valence-corrected chi connectivity index (χ0v) is 11.7. The number of rotatable bonds is 6. The van der Waals surface area contributed by atoms with Gasteiger partial charge in [-0.15, -0.1) is 0 Å². The van der Waals surface area contributed by atoms with E-state index in [1.54, 1.807) is 13.8 Å². The zero-order valence-electron chi connectivity index (χ0n) is 10.9. The second-order valence-electron chi connectivity index (χ2n) is 3.66. The Bertz CT molecular complexity index is 472. The molecule has 5 nitrogen and oxygen atoms in total. The Kier molecular flexibility index (Phi) is 5.63. The maximum atomic E-state index is 11.5. The predicted octanol–water partition coefficient (Wildman–Crippen LogP) is 2.49. The fourth-order valence-corrected chi connectivity index (χ4v) is 1.67. The summed E-state index contributed by atoms with van der Waals surface area (Å²) in [5, 5.41) is 0.192.